The summed E-state index contributed by atoms with van der Waals surface area (Å²) in [5, 5.41) is 13.1. The quantitative estimate of drug-likeness (QED) is 0.864. The van der Waals surface area contributed by atoms with Crippen molar-refractivity contribution in [1.29, 1.82) is 0 Å². The fraction of sp³-hybridized carbons (Fsp3) is 0.562. The Morgan fingerprint density at radius 1 is 1.30 bits per heavy atom. The molecule has 2 N–H and O–H groups in total. The Bertz CT molecular complexity index is 435. The van der Waals surface area contributed by atoms with Crippen LogP contribution in [0.1, 0.15) is 38.0 Å². The maximum Gasteiger partial charge on any atom is 0.234 e. The van der Waals surface area contributed by atoms with Crippen molar-refractivity contribution in [2.75, 3.05) is 20.1 Å². The van der Waals surface area contributed by atoms with Crippen molar-refractivity contribution in [1.82, 2.24) is 10.2 Å². The van der Waals surface area contributed by atoms with E-state index in [4.69, 9.17) is 0 Å². The number of aliphatic hydroxyl groups is 1. The first-order valence-corrected chi connectivity index (χ1v) is 6.91. The van der Waals surface area contributed by atoms with Gasteiger partial charge in [0.2, 0.25) is 5.91 Å². The number of nitrogens with one attached hydrogen (secondary N) is 1. The smallest absolute Gasteiger partial charge is 0.234 e. The van der Waals surface area contributed by atoms with Crippen LogP contribution in [0, 0.1) is 6.92 Å². The summed E-state index contributed by atoms with van der Waals surface area (Å²) in [7, 11) is 1.83. The van der Waals surface area contributed by atoms with E-state index in [-0.39, 0.29) is 18.0 Å². The monoisotopic (exact) mass is 278 g/mol. The molecule has 0 aliphatic heterocycles. The van der Waals surface area contributed by atoms with E-state index in [9.17, 15) is 9.90 Å². The summed E-state index contributed by atoms with van der Waals surface area (Å²) >= 11 is 0. The lowest BCUT2D eigenvalue weighted by Gasteiger charge is -2.24. The van der Waals surface area contributed by atoms with E-state index < -0.39 is 6.10 Å². The Kier molecular flexibility index (Phi) is 5.72. The average molecular weight is 278 g/mol. The number of aliphatic hydroxyl groups excluding tert-OH is 1. The lowest BCUT2D eigenvalue weighted by molar-refractivity contribution is -0.123. The first-order valence-electron chi connectivity index (χ1n) is 6.91. The van der Waals surface area contributed by atoms with Gasteiger partial charge in [0, 0.05) is 12.1 Å². The van der Waals surface area contributed by atoms with Gasteiger partial charge in [-0.05, 0) is 40.3 Å². The molecule has 0 fully saturated rings. The van der Waals surface area contributed by atoms with Crippen molar-refractivity contribution in [3.8, 4) is 0 Å². The molecule has 0 aromatic heterocycles. The van der Waals surface area contributed by atoms with Crippen molar-refractivity contribution in [3.05, 3.63) is 35.4 Å². The second-order valence-corrected chi connectivity index (χ2v) is 6.42. The summed E-state index contributed by atoms with van der Waals surface area (Å²) < 4.78 is 0. The molecule has 20 heavy (non-hydrogen) atoms. The van der Waals surface area contributed by atoms with Crippen LogP contribution in [0.3, 0.4) is 0 Å². The standard InChI is InChI=1S/C16H26N2O2/c1-12-6-8-13(9-7-12)14(19)10-18(5)11-15(20)17-16(2,3)4/h6-9,14,19H,10-11H2,1-5H3,(H,17,20). The fourth-order valence-corrected chi connectivity index (χ4v) is 1.96. The molecule has 0 aliphatic carbocycles. The molecular formula is C16H26N2O2. The SMILES string of the molecule is Cc1ccc(C(O)CN(C)CC(=O)NC(C)(C)C)cc1. The summed E-state index contributed by atoms with van der Waals surface area (Å²) in [6, 6.07) is 7.79. The molecule has 1 amide bonds. The van der Waals surface area contributed by atoms with Gasteiger partial charge in [-0.3, -0.25) is 9.69 Å². The molecule has 0 heterocycles. The number of hydrogen-bond donors (Lipinski definition) is 2. The lowest BCUT2D eigenvalue weighted by Crippen LogP contribution is -2.45. The molecule has 1 atom stereocenters. The zero-order chi connectivity index (χ0) is 15.3. The molecule has 0 spiro atoms. The number of hydrogen-bond acceptors (Lipinski definition) is 3. The van der Waals surface area contributed by atoms with Gasteiger partial charge in [0.25, 0.3) is 0 Å². The average Bonchev–Trinajstić information content (AvgIpc) is 2.26. The highest BCUT2D eigenvalue weighted by molar-refractivity contribution is 5.78. The van der Waals surface area contributed by atoms with Crippen molar-refractivity contribution < 1.29 is 9.90 Å². The number of aryl methyl sites for hydroxylation is 1. The van der Waals surface area contributed by atoms with Gasteiger partial charge in [0.1, 0.15) is 0 Å². The van der Waals surface area contributed by atoms with Gasteiger partial charge >= 0.3 is 0 Å². The summed E-state index contributed by atoms with van der Waals surface area (Å²) in [5.41, 5.74) is 1.81. The van der Waals surface area contributed by atoms with Gasteiger partial charge in [-0.2, -0.15) is 0 Å². The van der Waals surface area contributed by atoms with Gasteiger partial charge in [0.05, 0.1) is 12.6 Å². The van der Waals surface area contributed by atoms with E-state index in [2.05, 4.69) is 5.32 Å². The number of likely N-dealkylation sites (N-methyl/N-ethyl adjacent to an activating group) is 1. The first kappa shape index (κ1) is 16.7. The molecule has 0 saturated heterocycles. The minimum Gasteiger partial charge on any atom is -0.387 e. The fourth-order valence-electron chi connectivity index (χ4n) is 1.96. The van der Waals surface area contributed by atoms with Crippen LogP contribution in [0.5, 0.6) is 0 Å². The summed E-state index contributed by atoms with van der Waals surface area (Å²) in [4.78, 5) is 13.6. The molecular weight excluding hydrogens is 252 g/mol. The van der Waals surface area contributed by atoms with E-state index in [1.807, 2.05) is 63.9 Å². The number of nitrogens with zero attached hydrogens (tertiary/aromatic N) is 1. The zero-order valence-corrected chi connectivity index (χ0v) is 13.1. The van der Waals surface area contributed by atoms with Crippen molar-refractivity contribution in [2.45, 2.75) is 39.3 Å². The van der Waals surface area contributed by atoms with Crippen molar-refractivity contribution in [3.63, 3.8) is 0 Å². The molecule has 1 rings (SSSR count). The van der Waals surface area contributed by atoms with Gasteiger partial charge < -0.3 is 10.4 Å². The minimum absolute atomic E-state index is 0.0314. The van der Waals surface area contributed by atoms with Gasteiger partial charge in [-0.1, -0.05) is 29.8 Å². The predicted octanol–water partition coefficient (Wildman–Crippen LogP) is 1.87. The molecule has 1 aromatic carbocycles. The number of carbonyl (C=O) groups excluding carboxylic acids is 1. The van der Waals surface area contributed by atoms with Crippen LogP contribution >= 0.6 is 0 Å². The highest BCUT2D eigenvalue weighted by atomic mass is 16.3. The third-order valence-electron chi connectivity index (χ3n) is 2.87. The highest BCUT2D eigenvalue weighted by Gasteiger charge is 2.17. The Hall–Kier alpha value is -1.39. The van der Waals surface area contributed by atoms with Crippen molar-refractivity contribution in [2.24, 2.45) is 0 Å². The molecule has 1 aromatic rings. The largest absolute Gasteiger partial charge is 0.387 e. The Morgan fingerprint density at radius 2 is 1.85 bits per heavy atom. The lowest BCUT2D eigenvalue weighted by atomic mass is 10.1. The van der Waals surface area contributed by atoms with Crippen LogP contribution in [0.15, 0.2) is 24.3 Å². The maximum atomic E-state index is 11.8. The number of amides is 1. The number of carbonyl (C=O) groups is 1. The molecule has 1 unspecified atom stereocenters. The van der Waals surface area contributed by atoms with Crippen LogP contribution in [0.2, 0.25) is 0 Å². The van der Waals surface area contributed by atoms with E-state index >= 15 is 0 Å². The second-order valence-electron chi connectivity index (χ2n) is 6.42. The van der Waals surface area contributed by atoms with Gasteiger partial charge in [0.15, 0.2) is 0 Å². The molecule has 4 nitrogen and oxygen atoms in total. The van der Waals surface area contributed by atoms with Gasteiger partial charge in [-0.15, -0.1) is 0 Å². The third kappa shape index (κ3) is 6.17. The van der Waals surface area contributed by atoms with Crippen LogP contribution in [0.25, 0.3) is 0 Å². The molecule has 112 valence electrons. The molecule has 0 aliphatic rings. The number of benzene rings is 1. The maximum absolute atomic E-state index is 11.8. The highest BCUT2D eigenvalue weighted by Crippen LogP contribution is 2.14. The molecule has 0 radical (unpaired) electrons. The Labute approximate surface area is 121 Å². The molecule has 0 bridgehead atoms. The van der Waals surface area contributed by atoms with Crippen LogP contribution in [-0.2, 0) is 4.79 Å². The molecule has 4 heteroatoms. The predicted molar refractivity (Wildman–Crippen MR) is 81.5 cm³/mol. The van der Waals surface area contributed by atoms with E-state index in [0.717, 1.165) is 5.56 Å². The second kappa shape index (κ2) is 6.86. The van der Waals surface area contributed by atoms with E-state index in [0.29, 0.717) is 6.54 Å². The van der Waals surface area contributed by atoms with E-state index in [1.165, 1.54) is 5.56 Å². The topological polar surface area (TPSA) is 52.6 Å². The summed E-state index contributed by atoms with van der Waals surface area (Å²) in [5.74, 6) is -0.0314. The van der Waals surface area contributed by atoms with Crippen LogP contribution < -0.4 is 5.32 Å². The summed E-state index contributed by atoms with van der Waals surface area (Å²) in [6.45, 7) is 8.57. The van der Waals surface area contributed by atoms with E-state index in [1.54, 1.807) is 0 Å². The number of rotatable bonds is 5. The minimum atomic E-state index is -0.581. The van der Waals surface area contributed by atoms with Crippen LogP contribution in [0.4, 0.5) is 0 Å². The Morgan fingerprint density at radius 3 is 2.35 bits per heavy atom. The third-order valence-corrected chi connectivity index (χ3v) is 2.87. The Balaban J connectivity index is 2.47. The van der Waals surface area contributed by atoms with Crippen molar-refractivity contribution >= 4 is 5.91 Å². The normalized spacial score (nSPS) is 13.3. The first-order chi connectivity index (χ1) is 9.17. The zero-order valence-electron chi connectivity index (χ0n) is 13.1. The van der Waals surface area contributed by atoms with Gasteiger partial charge in [-0.25, -0.2) is 0 Å². The summed E-state index contributed by atoms with van der Waals surface area (Å²) in [6.07, 6.45) is -0.581. The molecule has 0 saturated carbocycles. The van der Waals surface area contributed by atoms with Crippen LogP contribution in [-0.4, -0.2) is 41.6 Å².